The lowest BCUT2D eigenvalue weighted by Gasteiger charge is -2.30. The molecule has 1 heterocycles. The molecule has 128 valence electrons. The number of halogens is 1. The number of carbonyl (C=O) groups excluding carboxylic acids is 1. The van der Waals surface area contributed by atoms with Crippen LogP contribution in [-0.2, 0) is 0 Å². The molecule has 2 unspecified atom stereocenters. The predicted octanol–water partition coefficient (Wildman–Crippen LogP) is 3.10. The van der Waals surface area contributed by atoms with E-state index in [0.29, 0.717) is 17.9 Å². The van der Waals surface area contributed by atoms with Crippen molar-refractivity contribution in [1.29, 1.82) is 0 Å². The Morgan fingerprint density at radius 1 is 1.33 bits per heavy atom. The Balaban J connectivity index is 1.67. The minimum absolute atomic E-state index is 0.108. The normalized spacial score (nSPS) is 20.8. The fourth-order valence-electron chi connectivity index (χ4n) is 3.16. The zero-order valence-corrected chi connectivity index (χ0v) is 13.6. The summed E-state index contributed by atoms with van der Waals surface area (Å²) < 4.78 is 18.2. The first-order chi connectivity index (χ1) is 11.5. The second-order valence-electron chi connectivity index (χ2n) is 6.38. The van der Waals surface area contributed by atoms with Crippen molar-refractivity contribution in [3.05, 3.63) is 41.8 Å². The summed E-state index contributed by atoms with van der Waals surface area (Å²) in [6, 6.07) is 7.37. The van der Waals surface area contributed by atoms with Crippen LogP contribution >= 0.6 is 0 Å². The van der Waals surface area contributed by atoms with Crippen molar-refractivity contribution < 1.29 is 18.8 Å². The van der Waals surface area contributed by atoms with Gasteiger partial charge >= 0.3 is 0 Å². The van der Waals surface area contributed by atoms with E-state index < -0.39 is 0 Å². The highest BCUT2D eigenvalue weighted by molar-refractivity contribution is 5.92. The van der Waals surface area contributed by atoms with Gasteiger partial charge in [0.2, 0.25) is 0 Å². The van der Waals surface area contributed by atoms with Gasteiger partial charge in [0.15, 0.2) is 11.5 Å². The van der Waals surface area contributed by atoms with Gasteiger partial charge < -0.3 is 14.5 Å². The molecule has 1 amide bonds. The lowest BCUT2D eigenvalue weighted by atomic mass is 9.86. The largest absolute Gasteiger partial charge is 0.393 e. The van der Waals surface area contributed by atoms with Crippen LogP contribution < -0.4 is 0 Å². The second-order valence-corrected chi connectivity index (χ2v) is 6.38. The van der Waals surface area contributed by atoms with Crippen LogP contribution in [-0.4, -0.2) is 40.8 Å². The molecule has 1 aromatic heterocycles. The Kier molecular flexibility index (Phi) is 4.94. The summed E-state index contributed by atoms with van der Waals surface area (Å²) in [5.74, 6) is -0.0501. The number of aromatic nitrogens is 1. The maximum Gasteiger partial charge on any atom is 0.275 e. The molecule has 1 fully saturated rings. The fraction of sp³-hybridized carbons (Fsp3) is 0.444. The van der Waals surface area contributed by atoms with Crippen molar-refractivity contribution in [2.45, 2.75) is 31.8 Å². The molecule has 1 aliphatic rings. The SMILES string of the molecule is CN(CC1CCCCC1O)C(=O)c1cc(-c2ccc(F)cc2)on1. The summed E-state index contributed by atoms with van der Waals surface area (Å²) in [6.07, 6.45) is 3.51. The van der Waals surface area contributed by atoms with E-state index in [1.165, 1.54) is 12.1 Å². The summed E-state index contributed by atoms with van der Waals surface area (Å²) in [4.78, 5) is 14.1. The van der Waals surface area contributed by atoms with Gasteiger partial charge in [0.05, 0.1) is 6.10 Å². The molecule has 0 radical (unpaired) electrons. The van der Waals surface area contributed by atoms with E-state index in [2.05, 4.69) is 5.16 Å². The first-order valence-electron chi connectivity index (χ1n) is 8.21. The number of carbonyl (C=O) groups is 1. The lowest BCUT2D eigenvalue weighted by Crippen LogP contribution is -2.38. The van der Waals surface area contributed by atoms with Crippen LogP contribution in [0.5, 0.6) is 0 Å². The Morgan fingerprint density at radius 3 is 2.75 bits per heavy atom. The molecule has 2 atom stereocenters. The fourth-order valence-corrected chi connectivity index (χ4v) is 3.16. The zero-order valence-electron chi connectivity index (χ0n) is 13.6. The van der Waals surface area contributed by atoms with Gasteiger partial charge in [-0.05, 0) is 37.1 Å². The van der Waals surface area contributed by atoms with Crippen LogP contribution in [0.15, 0.2) is 34.9 Å². The number of hydrogen-bond acceptors (Lipinski definition) is 4. The van der Waals surface area contributed by atoms with E-state index in [-0.39, 0.29) is 29.4 Å². The van der Waals surface area contributed by atoms with E-state index in [1.807, 2.05) is 0 Å². The lowest BCUT2D eigenvalue weighted by molar-refractivity contribution is 0.0447. The average Bonchev–Trinajstić information content (AvgIpc) is 3.07. The summed E-state index contributed by atoms with van der Waals surface area (Å²) in [5.41, 5.74) is 0.871. The monoisotopic (exact) mass is 332 g/mol. The van der Waals surface area contributed by atoms with Crippen LogP contribution in [0.2, 0.25) is 0 Å². The molecule has 1 N–H and O–H groups in total. The highest BCUT2D eigenvalue weighted by Crippen LogP contribution is 2.26. The van der Waals surface area contributed by atoms with E-state index in [4.69, 9.17) is 4.52 Å². The summed E-state index contributed by atoms with van der Waals surface area (Å²) in [7, 11) is 1.70. The molecule has 1 aromatic carbocycles. The van der Waals surface area contributed by atoms with Crippen LogP contribution in [0.4, 0.5) is 4.39 Å². The molecule has 0 bridgehead atoms. The average molecular weight is 332 g/mol. The highest BCUT2D eigenvalue weighted by Gasteiger charge is 2.27. The second kappa shape index (κ2) is 7.13. The maximum absolute atomic E-state index is 13.0. The molecule has 24 heavy (non-hydrogen) atoms. The van der Waals surface area contributed by atoms with Crippen molar-refractivity contribution in [3.8, 4) is 11.3 Å². The summed E-state index contributed by atoms with van der Waals surface area (Å²) in [6.45, 7) is 0.499. The Hall–Kier alpha value is -2.21. The number of hydrogen-bond donors (Lipinski definition) is 1. The predicted molar refractivity (Wildman–Crippen MR) is 86.8 cm³/mol. The van der Waals surface area contributed by atoms with Crippen LogP contribution in [0.1, 0.15) is 36.2 Å². The molecule has 6 heteroatoms. The van der Waals surface area contributed by atoms with Gasteiger partial charge in [-0.2, -0.15) is 0 Å². The molecule has 0 saturated heterocycles. The molecular weight excluding hydrogens is 311 g/mol. The molecule has 0 aliphatic heterocycles. The number of nitrogens with zero attached hydrogens (tertiary/aromatic N) is 2. The maximum atomic E-state index is 13.0. The van der Waals surface area contributed by atoms with Gasteiger partial charge in [0.25, 0.3) is 5.91 Å². The van der Waals surface area contributed by atoms with Gasteiger partial charge in [0, 0.05) is 31.1 Å². The minimum atomic E-state index is -0.346. The molecule has 2 aromatic rings. The molecule has 0 spiro atoms. The molecule has 1 aliphatic carbocycles. The third kappa shape index (κ3) is 3.64. The highest BCUT2D eigenvalue weighted by atomic mass is 19.1. The molecule has 5 nitrogen and oxygen atoms in total. The third-order valence-corrected chi connectivity index (χ3v) is 4.58. The van der Waals surface area contributed by atoms with Gasteiger partial charge in [-0.3, -0.25) is 4.79 Å². The summed E-state index contributed by atoms with van der Waals surface area (Å²) in [5, 5.41) is 13.9. The van der Waals surface area contributed by atoms with E-state index in [9.17, 15) is 14.3 Å². The van der Waals surface area contributed by atoms with Crippen LogP contribution in [0.25, 0.3) is 11.3 Å². The Labute approximate surface area is 140 Å². The minimum Gasteiger partial charge on any atom is -0.393 e. The standard InChI is InChI=1S/C18H21FN2O3/c1-21(11-13-4-2-3-5-16(13)22)18(23)15-10-17(24-20-15)12-6-8-14(19)9-7-12/h6-10,13,16,22H,2-5,11H2,1H3. The third-order valence-electron chi connectivity index (χ3n) is 4.58. The molecular formula is C18H21FN2O3. The van der Waals surface area contributed by atoms with Gasteiger partial charge in [0.1, 0.15) is 5.82 Å². The van der Waals surface area contributed by atoms with E-state index >= 15 is 0 Å². The van der Waals surface area contributed by atoms with Crippen molar-refractivity contribution >= 4 is 5.91 Å². The quantitative estimate of drug-likeness (QED) is 0.934. The van der Waals surface area contributed by atoms with Crippen molar-refractivity contribution in [2.75, 3.05) is 13.6 Å². The van der Waals surface area contributed by atoms with E-state index in [1.54, 1.807) is 30.1 Å². The van der Waals surface area contributed by atoms with Crippen LogP contribution in [0, 0.1) is 11.7 Å². The molecule has 3 rings (SSSR count). The first kappa shape index (κ1) is 16.6. The van der Waals surface area contributed by atoms with Crippen LogP contribution in [0.3, 0.4) is 0 Å². The summed E-state index contributed by atoms with van der Waals surface area (Å²) >= 11 is 0. The van der Waals surface area contributed by atoms with Crippen molar-refractivity contribution in [3.63, 3.8) is 0 Å². The van der Waals surface area contributed by atoms with Crippen molar-refractivity contribution in [1.82, 2.24) is 10.1 Å². The topological polar surface area (TPSA) is 66.6 Å². The zero-order chi connectivity index (χ0) is 17.1. The molecule has 1 saturated carbocycles. The Bertz CT molecular complexity index is 699. The van der Waals surface area contributed by atoms with Gasteiger partial charge in [-0.15, -0.1) is 0 Å². The Morgan fingerprint density at radius 2 is 2.04 bits per heavy atom. The van der Waals surface area contributed by atoms with Gasteiger partial charge in [-0.1, -0.05) is 18.0 Å². The number of aliphatic hydroxyl groups excluding tert-OH is 1. The first-order valence-corrected chi connectivity index (χ1v) is 8.21. The van der Waals surface area contributed by atoms with Gasteiger partial charge in [-0.25, -0.2) is 4.39 Å². The van der Waals surface area contributed by atoms with E-state index in [0.717, 1.165) is 25.7 Å². The smallest absolute Gasteiger partial charge is 0.275 e. The number of amides is 1. The number of benzene rings is 1. The number of rotatable bonds is 4. The number of aliphatic hydroxyl groups is 1. The van der Waals surface area contributed by atoms with Crippen molar-refractivity contribution in [2.24, 2.45) is 5.92 Å².